The number of alkyl carbamates (subject to hydrolysis) is 1. The molecule has 4 heteroatoms. The lowest BCUT2D eigenvalue weighted by atomic mass is 9.86. The van der Waals surface area contributed by atoms with Gasteiger partial charge in [0.2, 0.25) is 0 Å². The Balaban J connectivity index is 1.24. The molecule has 4 nitrogen and oxygen atoms in total. The molecular weight excluding hydrogens is 336 g/mol. The summed E-state index contributed by atoms with van der Waals surface area (Å²) in [6, 6.07) is 18.9. The fourth-order valence-electron chi connectivity index (χ4n) is 4.63. The normalized spacial score (nSPS) is 27.8. The summed E-state index contributed by atoms with van der Waals surface area (Å²) in [6.07, 6.45) is 4.08. The van der Waals surface area contributed by atoms with Crippen LogP contribution in [0.3, 0.4) is 0 Å². The topological polar surface area (TPSA) is 41.6 Å². The maximum atomic E-state index is 12.6. The van der Waals surface area contributed by atoms with E-state index in [-0.39, 0.29) is 17.7 Å². The lowest BCUT2D eigenvalue weighted by molar-refractivity contribution is -0.0342. The van der Waals surface area contributed by atoms with Gasteiger partial charge in [-0.15, -0.1) is 0 Å². The fraction of sp³-hybridized carbons (Fsp3) is 0.435. The van der Waals surface area contributed by atoms with Gasteiger partial charge >= 0.3 is 6.09 Å². The molecule has 0 radical (unpaired) electrons. The average molecular weight is 362 g/mol. The number of ether oxygens (including phenoxy) is 1. The van der Waals surface area contributed by atoms with E-state index >= 15 is 0 Å². The first-order valence-corrected chi connectivity index (χ1v) is 10.1. The van der Waals surface area contributed by atoms with E-state index in [2.05, 4.69) is 58.7 Å². The van der Waals surface area contributed by atoms with E-state index in [1.807, 2.05) is 6.07 Å². The molecule has 4 aliphatic rings. The van der Waals surface area contributed by atoms with Crippen LogP contribution in [0.4, 0.5) is 4.79 Å². The summed E-state index contributed by atoms with van der Waals surface area (Å²) >= 11 is 0. The molecule has 1 aliphatic carbocycles. The summed E-state index contributed by atoms with van der Waals surface area (Å²) in [5, 5.41) is 3.17. The molecule has 0 spiro atoms. The zero-order valence-electron chi connectivity index (χ0n) is 15.6. The van der Waals surface area contributed by atoms with Gasteiger partial charge in [0.25, 0.3) is 0 Å². The Hall–Kier alpha value is -2.33. The Morgan fingerprint density at radius 2 is 1.63 bits per heavy atom. The first-order chi connectivity index (χ1) is 13.2. The van der Waals surface area contributed by atoms with Crippen LogP contribution in [-0.4, -0.2) is 36.7 Å². The van der Waals surface area contributed by atoms with Gasteiger partial charge in [-0.2, -0.15) is 0 Å². The summed E-state index contributed by atoms with van der Waals surface area (Å²) in [5.41, 5.74) is 3.35. The van der Waals surface area contributed by atoms with Crippen LogP contribution in [0.15, 0.2) is 54.6 Å². The Morgan fingerprint density at radius 3 is 2.22 bits per heavy atom. The zero-order chi connectivity index (χ0) is 18.3. The highest BCUT2D eigenvalue weighted by atomic mass is 16.6. The molecular formula is C23H26N2O2. The van der Waals surface area contributed by atoms with Crippen molar-refractivity contribution in [1.82, 2.24) is 10.2 Å². The maximum absolute atomic E-state index is 12.6. The minimum Gasteiger partial charge on any atom is -0.445 e. The molecule has 6 rings (SSSR count). The van der Waals surface area contributed by atoms with Gasteiger partial charge in [-0.05, 0) is 61.4 Å². The number of nitrogens with zero attached hydrogens (tertiary/aromatic N) is 1. The second-order valence-corrected chi connectivity index (χ2v) is 8.23. The minimum atomic E-state index is -0.251. The third kappa shape index (κ3) is 3.34. The predicted molar refractivity (Wildman–Crippen MR) is 105 cm³/mol. The number of fused-ring (bicyclic) bond motifs is 3. The quantitative estimate of drug-likeness (QED) is 0.888. The number of carbonyl (C=O) groups excluding carboxylic acids is 1. The number of nitrogens with one attached hydrogen (secondary N) is 1. The standard InChI is InChI=1S/C23H26N2O2/c26-22(27-21-16-25-14-10-19(21)11-15-25)24-23(12-13-23)20-8-6-18(7-9-20)17-4-2-1-3-5-17/h1-9,19,21H,10-16H2,(H,24,26). The van der Waals surface area contributed by atoms with E-state index < -0.39 is 0 Å². The predicted octanol–water partition coefficient (Wildman–Crippen LogP) is 4.16. The van der Waals surface area contributed by atoms with Crippen LogP contribution in [0.1, 0.15) is 31.2 Å². The van der Waals surface area contributed by atoms with Crippen molar-refractivity contribution in [3.05, 3.63) is 60.2 Å². The molecule has 2 bridgehead atoms. The Kier molecular flexibility index (Phi) is 4.16. The molecule has 2 aromatic carbocycles. The van der Waals surface area contributed by atoms with Crippen molar-refractivity contribution in [2.45, 2.75) is 37.3 Å². The molecule has 140 valence electrons. The molecule has 27 heavy (non-hydrogen) atoms. The van der Waals surface area contributed by atoms with E-state index in [4.69, 9.17) is 4.74 Å². The van der Waals surface area contributed by atoms with Crippen molar-refractivity contribution in [3.8, 4) is 11.1 Å². The van der Waals surface area contributed by atoms with Crippen molar-refractivity contribution >= 4 is 6.09 Å². The first-order valence-electron chi connectivity index (χ1n) is 10.1. The summed E-state index contributed by atoms with van der Waals surface area (Å²) < 4.78 is 5.82. The molecule has 1 saturated carbocycles. The van der Waals surface area contributed by atoms with Crippen molar-refractivity contribution in [2.75, 3.05) is 19.6 Å². The highest BCUT2D eigenvalue weighted by Gasteiger charge is 2.47. The molecule has 4 fully saturated rings. The SMILES string of the molecule is O=C(NC1(c2ccc(-c3ccccc3)cc2)CC1)OC1CN2CCC1CC2. The van der Waals surface area contributed by atoms with Gasteiger partial charge in [-0.1, -0.05) is 54.6 Å². The van der Waals surface area contributed by atoms with Crippen LogP contribution in [-0.2, 0) is 10.3 Å². The highest BCUT2D eigenvalue weighted by Crippen LogP contribution is 2.46. The van der Waals surface area contributed by atoms with E-state index in [0.29, 0.717) is 5.92 Å². The molecule has 1 atom stereocenters. The van der Waals surface area contributed by atoms with Crippen molar-refractivity contribution in [3.63, 3.8) is 0 Å². The maximum Gasteiger partial charge on any atom is 0.408 e. The van der Waals surface area contributed by atoms with Crippen LogP contribution >= 0.6 is 0 Å². The number of amides is 1. The van der Waals surface area contributed by atoms with Crippen molar-refractivity contribution in [1.29, 1.82) is 0 Å². The van der Waals surface area contributed by atoms with Gasteiger partial charge in [0, 0.05) is 6.54 Å². The molecule has 3 aliphatic heterocycles. The summed E-state index contributed by atoms with van der Waals surface area (Å²) in [4.78, 5) is 15.0. The third-order valence-electron chi connectivity index (χ3n) is 6.49. The van der Waals surface area contributed by atoms with Gasteiger partial charge in [0.15, 0.2) is 0 Å². The van der Waals surface area contributed by atoms with Crippen LogP contribution in [0.5, 0.6) is 0 Å². The smallest absolute Gasteiger partial charge is 0.408 e. The Bertz CT molecular complexity index is 806. The van der Waals surface area contributed by atoms with Gasteiger partial charge in [-0.25, -0.2) is 4.79 Å². The molecule has 3 saturated heterocycles. The lowest BCUT2D eigenvalue weighted by Gasteiger charge is -2.44. The van der Waals surface area contributed by atoms with Gasteiger partial charge in [-0.3, -0.25) is 4.90 Å². The molecule has 0 aromatic heterocycles. The van der Waals surface area contributed by atoms with Crippen LogP contribution in [0, 0.1) is 5.92 Å². The van der Waals surface area contributed by atoms with E-state index in [9.17, 15) is 4.79 Å². The second kappa shape index (κ2) is 6.68. The molecule has 3 heterocycles. The number of hydrogen-bond acceptors (Lipinski definition) is 3. The highest BCUT2D eigenvalue weighted by molar-refractivity contribution is 5.70. The van der Waals surface area contributed by atoms with E-state index in [0.717, 1.165) is 45.3 Å². The third-order valence-corrected chi connectivity index (χ3v) is 6.49. The summed E-state index contributed by atoms with van der Waals surface area (Å²) in [7, 11) is 0. The molecule has 2 aromatic rings. The molecule has 1 unspecified atom stereocenters. The van der Waals surface area contributed by atoms with E-state index in [1.54, 1.807) is 0 Å². The summed E-state index contributed by atoms with van der Waals surface area (Å²) in [5.74, 6) is 0.543. The largest absolute Gasteiger partial charge is 0.445 e. The van der Waals surface area contributed by atoms with Gasteiger partial charge in [0.05, 0.1) is 5.54 Å². The minimum absolute atomic E-state index is 0.0590. The summed E-state index contributed by atoms with van der Waals surface area (Å²) in [6.45, 7) is 3.21. The van der Waals surface area contributed by atoms with Crippen molar-refractivity contribution < 1.29 is 9.53 Å². The lowest BCUT2D eigenvalue weighted by Crippen LogP contribution is -2.53. The van der Waals surface area contributed by atoms with Gasteiger partial charge < -0.3 is 10.1 Å². The number of carbonyl (C=O) groups is 1. The monoisotopic (exact) mass is 362 g/mol. The average Bonchev–Trinajstić information content (AvgIpc) is 3.50. The zero-order valence-corrected chi connectivity index (χ0v) is 15.6. The van der Waals surface area contributed by atoms with Gasteiger partial charge in [0.1, 0.15) is 6.10 Å². The fourth-order valence-corrected chi connectivity index (χ4v) is 4.63. The van der Waals surface area contributed by atoms with Crippen LogP contribution in [0.2, 0.25) is 0 Å². The van der Waals surface area contributed by atoms with Crippen LogP contribution in [0.25, 0.3) is 11.1 Å². The molecule has 1 N–H and O–H groups in total. The Morgan fingerprint density at radius 1 is 0.963 bits per heavy atom. The second-order valence-electron chi connectivity index (χ2n) is 8.23. The number of piperidine rings is 3. The Labute approximate surface area is 160 Å². The van der Waals surface area contributed by atoms with Crippen LogP contribution < -0.4 is 5.32 Å². The van der Waals surface area contributed by atoms with Crippen molar-refractivity contribution in [2.24, 2.45) is 5.92 Å². The number of benzene rings is 2. The first kappa shape index (κ1) is 16.8. The van der Waals surface area contributed by atoms with E-state index in [1.165, 1.54) is 16.7 Å². The molecule has 1 amide bonds. The number of hydrogen-bond donors (Lipinski definition) is 1. The number of rotatable bonds is 4.